The zero-order chi connectivity index (χ0) is 17.3. The Kier molecular flexibility index (Phi) is 3.02. The minimum atomic E-state index is -0.107. The molecule has 2 aromatic rings. The van der Waals surface area contributed by atoms with E-state index in [1.165, 1.54) is 0 Å². The van der Waals surface area contributed by atoms with Crippen molar-refractivity contribution >= 4 is 22.8 Å². The van der Waals surface area contributed by atoms with Gasteiger partial charge < -0.3 is 19.5 Å². The van der Waals surface area contributed by atoms with E-state index in [0.29, 0.717) is 5.41 Å². The number of hydrogen-bond acceptors (Lipinski definition) is 4. The fourth-order valence-corrected chi connectivity index (χ4v) is 4.97. The maximum atomic E-state index is 12.8. The number of aliphatic hydroxyl groups excluding tert-OH is 1. The molecule has 0 unspecified atom stereocenters. The highest BCUT2D eigenvalue weighted by Crippen LogP contribution is 2.49. The highest BCUT2D eigenvalue weighted by Gasteiger charge is 2.52. The molecule has 1 N–H and O–H groups in total. The average molecular weight is 340 g/mol. The van der Waals surface area contributed by atoms with Gasteiger partial charge in [0.1, 0.15) is 11.5 Å². The van der Waals surface area contributed by atoms with Gasteiger partial charge in [-0.3, -0.25) is 4.79 Å². The first-order chi connectivity index (χ1) is 12.0. The third kappa shape index (κ3) is 2.00. The third-order valence-corrected chi connectivity index (χ3v) is 6.36. The summed E-state index contributed by atoms with van der Waals surface area (Å²) in [7, 11) is 2.02. The number of likely N-dealkylation sites (N-methyl/N-ethyl adjacent to an activating group) is 1. The molecule has 4 heterocycles. The molecule has 0 bridgehead atoms. The fourth-order valence-electron chi connectivity index (χ4n) is 4.97. The molecule has 0 aromatic carbocycles. The van der Waals surface area contributed by atoms with Crippen LogP contribution in [0.2, 0.25) is 0 Å². The fraction of sp³-hybridized carbons (Fsp3) is 0.579. The summed E-state index contributed by atoms with van der Waals surface area (Å²) in [5.41, 5.74) is 3.17. The quantitative estimate of drug-likeness (QED) is 0.901. The number of carbonyl (C=O) groups excluding carboxylic acids is 1. The summed E-state index contributed by atoms with van der Waals surface area (Å²) in [6.45, 7) is 5.53. The van der Waals surface area contributed by atoms with Crippen LogP contribution >= 0.6 is 0 Å². The topological polar surface area (TPSA) is 61.6 Å². The zero-order valence-electron chi connectivity index (χ0n) is 14.8. The molecule has 3 aliphatic rings. The molecular weight excluding hydrogens is 316 g/mol. The number of hydrogen-bond donors (Lipinski definition) is 1. The number of anilines is 1. The van der Waals surface area contributed by atoms with E-state index in [2.05, 4.69) is 15.5 Å². The molecular formula is C19H24N4O2. The lowest BCUT2D eigenvalue weighted by atomic mass is 9.62. The number of carbonyl (C=O) groups is 1. The van der Waals surface area contributed by atoms with Gasteiger partial charge in [-0.2, -0.15) is 0 Å². The smallest absolute Gasteiger partial charge is 0.256 e. The van der Waals surface area contributed by atoms with Gasteiger partial charge in [-0.1, -0.05) is 0 Å². The number of pyridine rings is 1. The predicted molar refractivity (Wildman–Crippen MR) is 95.9 cm³/mol. The number of nitrogens with zero attached hydrogens (tertiary/aromatic N) is 4. The Morgan fingerprint density at radius 1 is 1.32 bits per heavy atom. The van der Waals surface area contributed by atoms with Crippen molar-refractivity contribution in [3.8, 4) is 0 Å². The molecule has 5 rings (SSSR count). The number of amides is 1. The van der Waals surface area contributed by atoms with Gasteiger partial charge in [0.15, 0.2) is 0 Å². The minimum Gasteiger partial charge on any atom is -0.393 e. The van der Waals surface area contributed by atoms with Crippen LogP contribution in [0.5, 0.6) is 0 Å². The summed E-state index contributed by atoms with van der Waals surface area (Å²) >= 11 is 0. The van der Waals surface area contributed by atoms with Crippen LogP contribution < -0.4 is 4.90 Å². The summed E-state index contributed by atoms with van der Waals surface area (Å²) in [5, 5.41) is 10.5. The Morgan fingerprint density at radius 3 is 2.76 bits per heavy atom. The molecule has 2 fully saturated rings. The summed E-state index contributed by atoms with van der Waals surface area (Å²) in [5.74, 6) is 1.12. The van der Waals surface area contributed by atoms with Crippen LogP contribution in [0.1, 0.15) is 35.8 Å². The number of aromatic nitrogens is 2. The molecule has 1 saturated carbocycles. The lowest BCUT2D eigenvalue weighted by Crippen LogP contribution is -2.64. The third-order valence-electron chi connectivity index (χ3n) is 6.36. The van der Waals surface area contributed by atoms with Crippen LogP contribution in [0.3, 0.4) is 0 Å². The Bertz CT molecular complexity index is 873. The van der Waals surface area contributed by atoms with Crippen molar-refractivity contribution in [3.05, 3.63) is 23.4 Å². The first kappa shape index (κ1) is 15.2. The van der Waals surface area contributed by atoms with Crippen LogP contribution in [0.25, 0.3) is 11.0 Å². The Morgan fingerprint density at radius 2 is 2.08 bits per heavy atom. The molecule has 0 atom stereocenters. The highest BCUT2D eigenvalue weighted by atomic mass is 16.3. The summed E-state index contributed by atoms with van der Waals surface area (Å²) in [4.78, 5) is 21.9. The first-order valence-corrected chi connectivity index (χ1v) is 9.22. The van der Waals surface area contributed by atoms with Crippen molar-refractivity contribution in [2.45, 2.75) is 32.3 Å². The Balaban J connectivity index is 1.50. The molecule has 1 saturated heterocycles. The lowest BCUT2D eigenvalue weighted by molar-refractivity contribution is -0.0494. The zero-order valence-corrected chi connectivity index (χ0v) is 14.8. The second-order valence-electron chi connectivity index (χ2n) is 7.97. The van der Waals surface area contributed by atoms with E-state index in [9.17, 15) is 9.90 Å². The molecule has 132 valence electrons. The second kappa shape index (κ2) is 4.97. The van der Waals surface area contributed by atoms with Crippen LogP contribution in [-0.2, 0) is 13.5 Å². The van der Waals surface area contributed by atoms with E-state index < -0.39 is 0 Å². The second-order valence-corrected chi connectivity index (χ2v) is 7.97. The molecule has 6 heteroatoms. The predicted octanol–water partition coefficient (Wildman–Crippen LogP) is 1.55. The van der Waals surface area contributed by atoms with Crippen molar-refractivity contribution in [1.82, 2.24) is 14.5 Å². The van der Waals surface area contributed by atoms with Crippen LogP contribution in [0, 0.1) is 5.41 Å². The van der Waals surface area contributed by atoms with E-state index in [4.69, 9.17) is 4.98 Å². The molecule has 25 heavy (non-hydrogen) atoms. The molecule has 6 nitrogen and oxygen atoms in total. The normalized spacial score (nSPS) is 22.3. The first-order valence-electron chi connectivity index (χ1n) is 9.22. The summed E-state index contributed by atoms with van der Waals surface area (Å²) in [6, 6.07) is 4.11. The monoisotopic (exact) mass is 340 g/mol. The van der Waals surface area contributed by atoms with Crippen molar-refractivity contribution < 1.29 is 9.90 Å². The molecule has 1 amide bonds. The van der Waals surface area contributed by atoms with Gasteiger partial charge in [-0.25, -0.2) is 4.98 Å². The van der Waals surface area contributed by atoms with Crippen molar-refractivity contribution in [1.29, 1.82) is 0 Å². The van der Waals surface area contributed by atoms with Crippen molar-refractivity contribution in [2.24, 2.45) is 12.5 Å². The van der Waals surface area contributed by atoms with Gasteiger partial charge in [-0.05, 0) is 31.9 Å². The van der Waals surface area contributed by atoms with E-state index >= 15 is 0 Å². The van der Waals surface area contributed by atoms with Crippen LogP contribution in [-0.4, -0.2) is 57.7 Å². The number of aryl methyl sites for hydroxylation is 1. The Hall–Kier alpha value is -2.08. The summed E-state index contributed by atoms with van der Waals surface area (Å²) in [6.07, 6.45) is 2.63. The highest BCUT2D eigenvalue weighted by molar-refractivity contribution is 6.08. The maximum Gasteiger partial charge on any atom is 0.256 e. The van der Waals surface area contributed by atoms with E-state index in [1.807, 2.05) is 24.9 Å². The van der Waals surface area contributed by atoms with Gasteiger partial charge >= 0.3 is 0 Å². The standard InChI is InChI=1S/C19H24N4O2/c1-3-22-7-6-14-16(18(22)25)13-4-5-15(20-17(13)21(14)2)23-10-19(11-23)8-12(24)9-19/h4-5,12,24H,3,6-11H2,1-2H3. The van der Waals surface area contributed by atoms with Crippen molar-refractivity contribution in [3.63, 3.8) is 0 Å². The van der Waals surface area contributed by atoms with Crippen LogP contribution in [0.15, 0.2) is 12.1 Å². The molecule has 1 spiro atoms. The van der Waals surface area contributed by atoms with Crippen molar-refractivity contribution in [2.75, 3.05) is 31.1 Å². The minimum absolute atomic E-state index is 0.107. The SMILES string of the molecule is CCN1CCc2c(c3ccc(N4CC5(CC(O)C5)C4)nc3n2C)C1=O. The lowest BCUT2D eigenvalue weighted by Gasteiger charge is -2.58. The van der Waals surface area contributed by atoms with Gasteiger partial charge in [0.25, 0.3) is 5.91 Å². The number of rotatable bonds is 2. The molecule has 2 aromatic heterocycles. The number of fused-ring (bicyclic) bond motifs is 3. The maximum absolute atomic E-state index is 12.8. The average Bonchev–Trinajstić information content (AvgIpc) is 2.83. The van der Waals surface area contributed by atoms with E-state index in [-0.39, 0.29) is 12.0 Å². The molecule has 0 radical (unpaired) electrons. The van der Waals surface area contributed by atoms with Gasteiger partial charge in [0.05, 0.1) is 11.7 Å². The molecule has 1 aliphatic carbocycles. The largest absolute Gasteiger partial charge is 0.393 e. The number of aliphatic hydroxyl groups is 1. The molecule has 2 aliphatic heterocycles. The van der Waals surface area contributed by atoms with Gasteiger partial charge in [0.2, 0.25) is 0 Å². The Labute approximate surface area is 147 Å². The van der Waals surface area contributed by atoms with Gasteiger partial charge in [-0.15, -0.1) is 0 Å². The van der Waals surface area contributed by atoms with E-state index in [0.717, 1.165) is 73.6 Å². The van der Waals surface area contributed by atoms with E-state index in [1.54, 1.807) is 0 Å². The summed E-state index contributed by atoms with van der Waals surface area (Å²) < 4.78 is 2.10. The van der Waals surface area contributed by atoms with Gasteiger partial charge in [0, 0.05) is 56.1 Å². The van der Waals surface area contributed by atoms with Crippen LogP contribution in [0.4, 0.5) is 5.82 Å².